The van der Waals surface area contributed by atoms with Gasteiger partial charge in [-0.25, -0.2) is 5.14 Å². The van der Waals surface area contributed by atoms with Crippen molar-refractivity contribution in [1.82, 2.24) is 0 Å². The highest BCUT2D eigenvalue weighted by atomic mass is 35.5. The zero-order chi connectivity index (χ0) is 15.7. The van der Waals surface area contributed by atoms with E-state index in [0.29, 0.717) is 29.2 Å². The number of ether oxygens (including phenoxy) is 2. The average molecular weight is 336 g/mol. The maximum absolute atomic E-state index is 11.0. The van der Waals surface area contributed by atoms with Crippen LogP contribution in [0, 0.1) is 0 Å². The fourth-order valence-corrected chi connectivity index (χ4v) is 2.79. The summed E-state index contributed by atoms with van der Waals surface area (Å²) in [7, 11) is -4.04. The van der Waals surface area contributed by atoms with Gasteiger partial charge in [0.15, 0.2) is 0 Å². The van der Waals surface area contributed by atoms with Crippen molar-refractivity contribution in [2.75, 3.05) is 6.61 Å². The molecule has 0 radical (unpaired) electrons. The van der Waals surface area contributed by atoms with E-state index in [-0.39, 0.29) is 6.61 Å². The van der Waals surface area contributed by atoms with Crippen molar-refractivity contribution in [1.29, 1.82) is 0 Å². The Labute approximate surface area is 129 Å². The highest BCUT2D eigenvalue weighted by Crippen LogP contribution is 2.45. The molecule has 0 bridgehead atoms. The second-order valence-corrected chi connectivity index (χ2v) is 6.39. The molecule has 0 fully saturated rings. The van der Waals surface area contributed by atoms with Gasteiger partial charge in [0, 0.05) is 18.4 Å². The normalized spacial score (nSPS) is 20.7. The molecule has 1 aliphatic rings. The molecule has 0 saturated heterocycles. The van der Waals surface area contributed by atoms with Crippen LogP contribution in [0.15, 0.2) is 18.2 Å². The Bertz CT molecular complexity index is 615. The third kappa shape index (κ3) is 3.67. The Kier molecular flexibility index (Phi) is 4.79. The molecule has 0 aromatic heterocycles. The van der Waals surface area contributed by atoms with Crippen LogP contribution in [0.2, 0.25) is 5.02 Å². The maximum atomic E-state index is 11.0. The van der Waals surface area contributed by atoms with Crippen LogP contribution in [0.4, 0.5) is 0 Å². The minimum absolute atomic E-state index is 0.225. The van der Waals surface area contributed by atoms with Crippen LogP contribution >= 0.6 is 11.6 Å². The molecule has 0 spiro atoms. The van der Waals surface area contributed by atoms with Crippen LogP contribution in [0.25, 0.3) is 0 Å². The minimum atomic E-state index is -4.04. The number of benzene rings is 1. The maximum Gasteiger partial charge on any atom is 0.333 e. The first-order chi connectivity index (χ1) is 9.80. The second kappa shape index (κ2) is 6.10. The Morgan fingerprint density at radius 2 is 2.05 bits per heavy atom. The highest BCUT2D eigenvalue weighted by Gasteiger charge is 2.40. The lowest BCUT2D eigenvalue weighted by Crippen LogP contribution is -2.44. The molecule has 0 aliphatic carbocycles. The zero-order valence-corrected chi connectivity index (χ0v) is 13.4. The summed E-state index contributed by atoms with van der Waals surface area (Å²) in [4.78, 5) is 0. The van der Waals surface area contributed by atoms with Gasteiger partial charge in [0.2, 0.25) is 5.79 Å². The van der Waals surface area contributed by atoms with Crippen molar-refractivity contribution in [2.45, 2.75) is 38.6 Å². The van der Waals surface area contributed by atoms with Crippen molar-refractivity contribution < 1.29 is 22.1 Å². The fraction of sp³-hybridized carbons (Fsp3) is 0.538. The van der Waals surface area contributed by atoms with E-state index < -0.39 is 22.2 Å². The molecular weight excluding hydrogens is 318 g/mol. The van der Waals surface area contributed by atoms with Crippen molar-refractivity contribution in [3.63, 3.8) is 0 Å². The summed E-state index contributed by atoms with van der Waals surface area (Å²) in [5, 5.41) is 5.32. The molecule has 6 nitrogen and oxygen atoms in total. The predicted octanol–water partition coefficient (Wildman–Crippen LogP) is 2.53. The Balaban J connectivity index is 2.38. The molecule has 0 saturated carbocycles. The smallest absolute Gasteiger partial charge is 0.333 e. The minimum Gasteiger partial charge on any atom is -0.460 e. The van der Waals surface area contributed by atoms with Gasteiger partial charge >= 0.3 is 10.3 Å². The van der Waals surface area contributed by atoms with Crippen LogP contribution in [0.1, 0.15) is 38.4 Å². The first-order valence-corrected chi connectivity index (χ1v) is 8.47. The van der Waals surface area contributed by atoms with Crippen LogP contribution in [-0.4, -0.2) is 20.8 Å². The lowest BCUT2D eigenvalue weighted by atomic mass is 10.0. The summed E-state index contributed by atoms with van der Waals surface area (Å²) in [6.45, 7) is 3.61. The molecule has 1 unspecified atom stereocenters. The number of halogens is 1. The quantitative estimate of drug-likeness (QED) is 0.893. The van der Waals surface area contributed by atoms with Gasteiger partial charge in [-0.15, -0.1) is 0 Å². The molecule has 0 amide bonds. The molecule has 1 heterocycles. The Morgan fingerprint density at radius 1 is 1.38 bits per heavy atom. The standard InChI is InChI=1S/C13H18ClNO5S/c1-3-13(4-2)19-11(8-18-21(15,16)17)9-6-5-7-10(14)12(9)20-13/h5-7,11H,3-4,8H2,1-2H3,(H2,15,16,17). The molecule has 21 heavy (non-hydrogen) atoms. The lowest BCUT2D eigenvalue weighted by Gasteiger charge is -2.41. The van der Waals surface area contributed by atoms with E-state index >= 15 is 0 Å². The summed E-state index contributed by atoms with van der Waals surface area (Å²) in [6, 6.07) is 5.20. The number of para-hydroxylation sites is 1. The van der Waals surface area contributed by atoms with Crippen molar-refractivity contribution in [3.8, 4) is 5.75 Å². The Morgan fingerprint density at radius 3 is 2.62 bits per heavy atom. The molecule has 1 aromatic rings. The van der Waals surface area contributed by atoms with Crippen LogP contribution in [-0.2, 0) is 19.2 Å². The number of nitrogens with two attached hydrogens (primary N) is 1. The predicted molar refractivity (Wildman–Crippen MR) is 78.3 cm³/mol. The van der Waals surface area contributed by atoms with E-state index in [1.165, 1.54) is 0 Å². The van der Waals surface area contributed by atoms with Crippen molar-refractivity contribution in [3.05, 3.63) is 28.8 Å². The number of fused-ring (bicyclic) bond motifs is 1. The van der Waals surface area contributed by atoms with E-state index in [0.717, 1.165) is 0 Å². The monoisotopic (exact) mass is 335 g/mol. The fourth-order valence-electron chi connectivity index (χ4n) is 2.26. The Hall–Kier alpha value is -0.860. The zero-order valence-electron chi connectivity index (χ0n) is 11.8. The summed E-state index contributed by atoms with van der Waals surface area (Å²) >= 11 is 6.17. The van der Waals surface area contributed by atoms with Gasteiger partial charge < -0.3 is 9.47 Å². The highest BCUT2D eigenvalue weighted by molar-refractivity contribution is 7.84. The largest absolute Gasteiger partial charge is 0.460 e. The van der Waals surface area contributed by atoms with Gasteiger partial charge in [0.25, 0.3) is 0 Å². The van der Waals surface area contributed by atoms with Gasteiger partial charge in [-0.1, -0.05) is 37.6 Å². The third-order valence-electron chi connectivity index (χ3n) is 3.45. The van der Waals surface area contributed by atoms with E-state index in [1.807, 2.05) is 13.8 Å². The molecule has 2 rings (SSSR count). The SMILES string of the molecule is CCC1(CC)Oc2c(Cl)cccc2C(COS(N)(=O)=O)O1. The van der Waals surface area contributed by atoms with Gasteiger partial charge in [0.1, 0.15) is 11.9 Å². The molecule has 2 N–H and O–H groups in total. The van der Waals surface area contributed by atoms with Gasteiger partial charge in [-0.2, -0.15) is 8.42 Å². The molecule has 1 aliphatic heterocycles. The third-order valence-corrected chi connectivity index (χ3v) is 4.21. The lowest BCUT2D eigenvalue weighted by molar-refractivity contribution is -0.238. The number of rotatable bonds is 5. The van der Waals surface area contributed by atoms with Gasteiger partial charge in [0.05, 0.1) is 11.6 Å². The van der Waals surface area contributed by atoms with Crippen LogP contribution in [0.5, 0.6) is 5.75 Å². The molecule has 1 atom stereocenters. The van der Waals surface area contributed by atoms with E-state index in [9.17, 15) is 8.42 Å². The van der Waals surface area contributed by atoms with Crippen molar-refractivity contribution >= 4 is 21.9 Å². The van der Waals surface area contributed by atoms with Crippen LogP contribution < -0.4 is 9.88 Å². The average Bonchev–Trinajstić information content (AvgIpc) is 2.44. The van der Waals surface area contributed by atoms with E-state index in [1.54, 1.807) is 18.2 Å². The first kappa shape index (κ1) is 16.5. The number of hydrogen-bond acceptors (Lipinski definition) is 5. The van der Waals surface area contributed by atoms with Gasteiger partial charge in [-0.3, -0.25) is 4.18 Å². The van der Waals surface area contributed by atoms with E-state index in [4.69, 9.17) is 26.2 Å². The van der Waals surface area contributed by atoms with E-state index in [2.05, 4.69) is 4.18 Å². The molecule has 118 valence electrons. The van der Waals surface area contributed by atoms with Crippen LogP contribution in [0.3, 0.4) is 0 Å². The summed E-state index contributed by atoms with van der Waals surface area (Å²) in [5.41, 5.74) is 0.642. The number of hydrogen-bond donors (Lipinski definition) is 1. The second-order valence-electron chi connectivity index (χ2n) is 4.76. The summed E-state index contributed by atoms with van der Waals surface area (Å²) < 4.78 is 38.5. The molecule has 8 heteroatoms. The summed E-state index contributed by atoms with van der Waals surface area (Å²) in [5.74, 6) is -0.359. The topological polar surface area (TPSA) is 87.9 Å². The molecule has 1 aromatic carbocycles. The van der Waals surface area contributed by atoms with Gasteiger partial charge in [-0.05, 0) is 6.07 Å². The summed E-state index contributed by atoms with van der Waals surface area (Å²) in [6.07, 6.45) is 0.547. The van der Waals surface area contributed by atoms with Crippen molar-refractivity contribution in [2.24, 2.45) is 5.14 Å². The first-order valence-electron chi connectivity index (χ1n) is 6.62. The molecular formula is C13H18ClNO5S.